The minimum atomic E-state index is -0.495. The van der Waals surface area contributed by atoms with Gasteiger partial charge in [-0.3, -0.25) is 14.9 Å². The second-order valence-corrected chi connectivity index (χ2v) is 6.29. The van der Waals surface area contributed by atoms with Crippen LogP contribution in [0.15, 0.2) is 48.5 Å². The Hall–Kier alpha value is -2.93. The highest BCUT2D eigenvalue weighted by atomic mass is 16.6. The van der Waals surface area contributed by atoms with Crippen LogP contribution in [0.2, 0.25) is 0 Å². The number of amides is 1. The molecule has 1 fully saturated rings. The third-order valence-electron chi connectivity index (χ3n) is 4.43. The van der Waals surface area contributed by atoms with E-state index in [2.05, 4.69) is 10.2 Å². The average molecular weight is 355 g/mol. The molecular weight excluding hydrogens is 334 g/mol. The summed E-state index contributed by atoms with van der Waals surface area (Å²) in [5.41, 5.74) is 1.93. The highest BCUT2D eigenvalue weighted by Crippen LogP contribution is 2.32. The maximum Gasteiger partial charge on any atom is 0.270 e. The van der Waals surface area contributed by atoms with Crippen LogP contribution in [0.5, 0.6) is 0 Å². The van der Waals surface area contributed by atoms with Crippen molar-refractivity contribution in [3.8, 4) is 0 Å². The van der Waals surface area contributed by atoms with E-state index in [1.807, 2.05) is 37.3 Å². The van der Waals surface area contributed by atoms with Crippen molar-refractivity contribution in [1.29, 1.82) is 0 Å². The number of ether oxygens (including phenoxy) is 1. The predicted molar refractivity (Wildman–Crippen MR) is 98.4 cm³/mol. The van der Waals surface area contributed by atoms with Gasteiger partial charge in [-0.15, -0.1) is 0 Å². The van der Waals surface area contributed by atoms with Crippen LogP contribution in [0, 0.1) is 10.1 Å². The Labute approximate surface area is 151 Å². The number of anilines is 1. The number of carbonyl (C=O) groups is 1. The van der Waals surface area contributed by atoms with Gasteiger partial charge in [0, 0.05) is 32.3 Å². The maximum absolute atomic E-state index is 12.3. The molecule has 2 aromatic rings. The number of nitrogens with one attached hydrogen (secondary N) is 1. The SMILES string of the molecule is CNC(=O)c1cc([N+](=O)[O-])ccc1N1CC(C)OC(c2ccccc2)C1. The summed E-state index contributed by atoms with van der Waals surface area (Å²) in [5, 5.41) is 13.6. The number of nitrogens with zero attached hydrogens (tertiary/aromatic N) is 2. The maximum atomic E-state index is 12.3. The first kappa shape index (κ1) is 17.9. The molecule has 0 bridgehead atoms. The molecule has 0 radical (unpaired) electrons. The van der Waals surface area contributed by atoms with Crippen LogP contribution in [-0.2, 0) is 4.74 Å². The first-order chi connectivity index (χ1) is 12.5. The normalized spacial score (nSPS) is 19.8. The van der Waals surface area contributed by atoms with Gasteiger partial charge in [0.25, 0.3) is 11.6 Å². The number of hydrogen-bond donors (Lipinski definition) is 1. The van der Waals surface area contributed by atoms with Crippen molar-refractivity contribution < 1.29 is 14.5 Å². The standard InChI is InChI=1S/C19H21N3O4/c1-13-11-21(12-18(26-13)14-6-4-3-5-7-14)17-9-8-15(22(24)25)10-16(17)19(23)20-2/h3-10,13,18H,11-12H2,1-2H3,(H,20,23). The Morgan fingerprint density at radius 2 is 1.96 bits per heavy atom. The van der Waals surface area contributed by atoms with Crippen molar-refractivity contribution in [3.63, 3.8) is 0 Å². The van der Waals surface area contributed by atoms with Gasteiger partial charge in [-0.25, -0.2) is 0 Å². The number of benzene rings is 2. The van der Waals surface area contributed by atoms with E-state index in [0.717, 1.165) is 5.56 Å². The molecule has 3 rings (SSSR count). The fourth-order valence-electron chi connectivity index (χ4n) is 3.23. The van der Waals surface area contributed by atoms with E-state index in [4.69, 9.17) is 4.74 Å². The van der Waals surface area contributed by atoms with E-state index in [0.29, 0.717) is 24.3 Å². The summed E-state index contributed by atoms with van der Waals surface area (Å²) in [4.78, 5) is 24.9. The first-order valence-corrected chi connectivity index (χ1v) is 8.45. The zero-order valence-corrected chi connectivity index (χ0v) is 14.7. The zero-order chi connectivity index (χ0) is 18.7. The van der Waals surface area contributed by atoms with Gasteiger partial charge >= 0.3 is 0 Å². The number of morpholine rings is 1. The van der Waals surface area contributed by atoms with Gasteiger partial charge in [0.15, 0.2) is 0 Å². The average Bonchev–Trinajstić information content (AvgIpc) is 2.67. The number of nitro benzene ring substituents is 1. The van der Waals surface area contributed by atoms with Gasteiger partial charge in [-0.2, -0.15) is 0 Å². The monoisotopic (exact) mass is 355 g/mol. The summed E-state index contributed by atoms with van der Waals surface area (Å²) in [7, 11) is 1.51. The lowest BCUT2D eigenvalue weighted by Gasteiger charge is -2.39. The fraction of sp³-hybridized carbons (Fsp3) is 0.316. The third-order valence-corrected chi connectivity index (χ3v) is 4.43. The molecule has 7 nitrogen and oxygen atoms in total. The van der Waals surface area contributed by atoms with E-state index in [9.17, 15) is 14.9 Å². The Kier molecular flexibility index (Phi) is 5.18. The largest absolute Gasteiger partial charge is 0.367 e. The molecule has 2 aromatic carbocycles. The molecule has 1 amide bonds. The summed E-state index contributed by atoms with van der Waals surface area (Å²) in [6.45, 7) is 3.15. The molecule has 0 aliphatic carbocycles. The second kappa shape index (κ2) is 7.53. The van der Waals surface area contributed by atoms with Crippen molar-refractivity contribution in [2.75, 3.05) is 25.0 Å². The fourth-order valence-corrected chi connectivity index (χ4v) is 3.23. The van der Waals surface area contributed by atoms with Gasteiger partial charge in [0.1, 0.15) is 6.10 Å². The van der Waals surface area contributed by atoms with E-state index in [1.165, 1.54) is 19.2 Å². The lowest BCUT2D eigenvalue weighted by atomic mass is 10.0. The van der Waals surface area contributed by atoms with Gasteiger partial charge in [0.05, 0.1) is 22.3 Å². The van der Waals surface area contributed by atoms with Crippen molar-refractivity contribution >= 4 is 17.3 Å². The molecule has 26 heavy (non-hydrogen) atoms. The van der Waals surface area contributed by atoms with Crippen LogP contribution >= 0.6 is 0 Å². The van der Waals surface area contributed by atoms with Crippen molar-refractivity contribution in [3.05, 3.63) is 69.8 Å². The number of hydrogen-bond acceptors (Lipinski definition) is 5. The third kappa shape index (κ3) is 3.67. The van der Waals surface area contributed by atoms with Gasteiger partial charge in [-0.1, -0.05) is 30.3 Å². The van der Waals surface area contributed by atoms with Crippen LogP contribution in [0.25, 0.3) is 0 Å². The van der Waals surface area contributed by atoms with E-state index in [1.54, 1.807) is 6.07 Å². The molecule has 2 atom stereocenters. The van der Waals surface area contributed by atoms with Crippen LogP contribution in [0.1, 0.15) is 28.9 Å². The Morgan fingerprint density at radius 3 is 2.62 bits per heavy atom. The molecule has 1 N–H and O–H groups in total. The molecule has 2 unspecified atom stereocenters. The predicted octanol–water partition coefficient (Wildman–Crippen LogP) is 2.92. The first-order valence-electron chi connectivity index (χ1n) is 8.45. The lowest BCUT2D eigenvalue weighted by Crippen LogP contribution is -2.43. The summed E-state index contributed by atoms with van der Waals surface area (Å²) >= 11 is 0. The van der Waals surface area contributed by atoms with Crippen molar-refractivity contribution in [1.82, 2.24) is 5.32 Å². The van der Waals surface area contributed by atoms with Crippen LogP contribution in [-0.4, -0.2) is 37.1 Å². The molecule has 0 aromatic heterocycles. The molecule has 1 aliphatic heterocycles. The van der Waals surface area contributed by atoms with Crippen molar-refractivity contribution in [2.24, 2.45) is 0 Å². The summed E-state index contributed by atoms with van der Waals surface area (Å²) in [6, 6.07) is 14.3. The van der Waals surface area contributed by atoms with Gasteiger partial charge in [-0.05, 0) is 18.6 Å². The van der Waals surface area contributed by atoms with Crippen molar-refractivity contribution in [2.45, 2.75) is 19.1 Å². The zero-order valence-electron chi connectivity index (χ0n) is 14.7. The number of rotatable bonds is 4. The Bertz CT molecular complexity index is 810. The molecular formula is C19H21N3O4. The minimum absolute atomic E-state index is 0.0401. The second-order valence-electron chi connectivity index (χ2n) is 6.29. The topological polar surface area (TPSA) is 84.7 Å². The smallest absolute Gasteiger partial charge is 0.270 e. The number of nitro groups is 1. The molecule has 0 saturated carbocycles. The van der Waals surface area contributed by atoms with E-state index in [-0.39, 0.29) is 23.8 Å². The highest BCUT2D eigenvalue weighted by Gasteiger charge is 2.29. The lowest BCUT2D eigenvalue weighted by molar-refractivity contribution is -0.384. The molecule has 136 valence electrons. The van der Waals surface area contributed by atoms with Crippen LogP contribution in [0.3, 0.4) is 0 Å². The molecule has 1 heterocycles. The van der Waals surface area contributed by atoms with Crippen LogP contribution in [0.4, 0.5) is 11.4 Å². The molecule has 7 heteroatoms. The highest BCUT2D eigenvalue weighted by molar-refractivity contribution is 6.00. The summed E-state index contributed by atoms with van der Waals surface area (Å²) in [5.74, 6) is -0.348. The molecule has 1 saturated heterocycles. The Morgan fingerprint density at radius 1 is 1.23 bits per heavy atom. The van der Waals surface area contributed by atoms with Gasteiger partial charge in [0.2, 0.25) is 0 Å². The van der Waals surface area contributed by atoms with Crippen LogP contribution < -0.4 is 10.2 Å². The van der Waals surface area contributed by atoms with E-state index >= 15 is 0 Å². The quantitative estimate of drug-likeness (QED) is 0.673. The van der Waals surface area contributed by atoms with Gasteiger partial charge < -0.3 is 15.0 Å². The molecule has 0 spiro atoms. The van der Waals surface area contributed by atoms with E-state index < -0.39 is 4.92 Å². The number of carbonyl (C=O) groups excluding carboxylic acids is 1. The minimum Gasteiger partial charge on any atom is -0.367 e. The number of non-ortho nitro benzene ring substituents is 1. The molecule has 1 aliphatic rings. The Balaban J connectivity index is 1.96. The summed E-state index contributed by atoms with van der Waals surface area (Å²) < 4.78 is 6.06. The summed E-state index contributed by atoms with van der Waals surface area (Å²) in [6.07, 6.45) is -0.172.